The summed E-state index contributed by atoms with van der Waals surface area (Å²) in [7, 11) is 0. The minimum atomic E-state index is -0.147. The smallest absolute Gasteiger partial charge is 0.243 e. The lowest BCUT2D eigenvalue weighted by atomic mass is 10.2. The third kappa shape index (κ3) is 7.44. The maximum atomic E-state index is 12.3. The molecule has 144 valence electrons. The molecule has 0 atom stereocenters. The Morgan fingerprint density at radius 1 is 1.11 bits per heavy atom. The van der Waals surface area contributed by atoms with E-state index in [1.165, 1.54) is 0 Å². The maximum Gasteiger partial charge on any atom is 0.243 e. The standard InChI is InChI=1S/C22H28N2O3/c1-16(2)14-26-19-9-7-8-18(12-19)24-22(25)13-23-20-10-5-6-11-21(20)27-15-17(3)4/h5-12,17,23H,1,13-15H2,2-4H3,(H,24,25). The van der Waals surface area contributed by atoms with Gasteiger partial charge in [-0.25, -0.2) is 0 Å². The molecule has 2 N–H and O–H groups in total. The van der Waals surface area contributed by atoms with Crippen molar-refractivity contribution in [2.45, 2.75) is 20.8 Å². The summed E-state index contributed by atoms with van der Waals surface area (Å²) in [6.07, 6.45) is 0. The molecular formula is C22H28N2O3. The van der Waals surface area contributed by atoms with Crippen molar-refractivity contribution >= 4 is 17.3 Å². The van der Waals surface area contributed by atoms with Crippen LogP contribution in [0.15, 0.2) is 60.7 Å². The second-order valence-electron chi connectivity index (χ2n) is 6.88. The Morgan fingerprint density at radius 2 is 1.89 bits per heavy atom. The van der Waals surface area contributed by atoms with E-state index in [0.29, 0.717) is 30.6 Å². The number of carbonyl (C=O) groups excluding carboxylic acids is 1. The Balaban J connectivity index is 1.90. The van der Waals surface area contributed by atoms with E-state index in [2.05, 4.69) is 31.1 Å². The molecule has 0 aromatic heterocycles. The van der Waals surface area contributed by atoms with Crippen LogP contribution in [0.4, 0.5) is 11.4 Å². The van der Waals surface area contributed by atoms with Crippen LogP contribution in [0.2, 0.25) is 0 Å². The first kappa shape index (κ1) is 20.4. The minimum absolute atomic E-state index is 0.138. The molecule has 0 aliphatic heterocycles. The van der Waals surface area contributed by atoms with Crippen LogP contribution in [0.1, 0.15) is 20.8 Å². The van der Waals surface area contributed by atoms with Crippen LogP contribution in [-0.2, 0) is 4.79 Å². The Morgan fingerprint density at radius 3 is 2.63 bits per heavy atom. The monoisotopic (exact) mass is 368 g/mol. The van der Waals surface area contributed by atoms with Gasteiger partial charge in [0.25, 0.3) is 0 Å². The van der Waals surface area contributed by atoms with Crippen LogP contribution >= 0.6 is 0 Å². The topological polar surface area (TPSA) is 59.6 Å². The molecule has 0 bridgehead atoms. The molecule has 27 heavy (non-hydrogen) atoms. The lowest BCUT2D eigenvalue weighted by molar-refractivity contribution is -0.114. The quantitative estimate of drug-likeness (QED) is 0.596. The minimum Gasteiger partial charge on any atom is -0.491 e. The lowest BCUT2D eigenvalue weighted by Gasteiger charge is -2.14. The number of hydrogen-bond donors (Lipinski definition) is 2. The van der Waals surface area contributed by atoms with Crippen LogP contribution < -0.4 is 20.1 Å². The highest BCUT2D eigenvalue weighted by atomic mass is 16.5. The molecule has 0 unspecified atom stereocenters. The van der Waals surface area contributed by atoms with Crippen molar-refractivity contribution in [1.82, 2.24) is 0 Å². The molecule has 5 heteroatoms. The summed E-state index contributed by atoms with van der Waals surface area (Å²) in [6, 6.07) is 14.9. The number of benzene rings is 2. The average molecular weight is 368 g/mol. The maximum absolute atomic E-state index is 12.3. The van der Waals surface area contributed by atoms with Crippen LogP contribution in [0.3, 0.4) is 0 Å². The number of para-hydroxylation sites is 2. The van der Waals surface area contributed by atoms with Gasteiger partial charge in [-0.1, -0.05) is 38.6 Å². The Bertz CT molecular complexity index is 772. The molecule has 0 fully saturated rings. The number of ether oxygens (including phenoxy) is 2. The number of hydrogen-bond acceptors (Lipinski definition) is 4. The van der Waals surface area contributed by atoms with Gasteiger partial charge in [0, 0.05) is 11.8 Å². The number of rotatable bonds is 10. The van der Waals surface area contributed by atoms with Crippen molar-refractivity contribution in [3.05, 3.63) is 60.7 Å². The van der Waals surface area contributed by atoms with Crippen LogP contribution in [0.5, 0.6) is 11.5 Å². The molecule has 0 saturated heterocycles. The molecule has 0 heterocycles. The number of anilines is 2. The Hall–Kier alpha value is -2.95. The van der Waals surface area contributed by atoms with Gasteiger partial charge >= 0.3 is 0 Å². The van der Waals surface area contributed by atoms with Crippen molar-refractivity contribution in [2.24, 2.45) is 5.92 Å². The second kappa shape index (κ2) is 10.3. The highest BCUT2D eigenvalue weighted by molar-refractivity contribution is 5.94. The number of carbonyl (C=O) groups is 1. The summed E-state index contributed by atoms with van der Waals surface area (Å²) in [5, 5.41) is 6.00. The van der Waals surface area contributed by atoms with Gasteiger partial charge in [-0.3, -0.25) is 4.79 Å². The van der Waals surface area contributed by atoms with Gasteiger partial charge < -0.3 is 20.1 Å². The molecular weight excluding hydrogens is 340 g/mol. The molecule has 2 aromatic carbocycles. The summed E-state index contributed by atoms with van der Waals surface area (Å²) in [5.74, 6) is 1.72. The number of nitrogens with one attached hydrogen (secondary N) is 2. The van der Waals surface area contributed by atoms with E-state index in [1.807, 2.05) is 49.4 Å². The fraction of sp³-hybridized carbons (Fsp3) is 0.318. The van der Waals surface area contributed by atoms with E-state index < -0.39 is 0 Å². The first-order chi connectivity index (χ1) is 12.9. The normalized spacial score (nSPS) is 10.4. The molecule has 5 nitrogen and oxygen atoms in total. The second-order valence-corrected chi connectivity index (χ2v) is 6.88. The zero-order valence-electron chi connectivity index (χ0n) is 16.2. The molecule has 0 radical (unpaired) electrons. The van der Waals surface area contributed by atoms with Crippen LogP contribution in [0.25, 0.3) is 0 Å². The summed E-state index contributed by atoms with van der Waals surface area (Å²) < 4.78 is 11.4. The Labute approximate surface area is 161 Å². The fourth-order valence-corrected chi connectivity index (χ4v) is 2.25. The summed E-state index contributed by atoms with van der Waals surface area (Å²) >= 11 is 0. The van der Waals surface area contributed by atoms with Gasteiger partial charge in [0.15, 0.2) is 0 Å². The number of amides is 1. The average Bonchev–Trinajstić information content (AvgIpc) is 2.64. The molecule has 2 aromatic rings. The van der Waals surface area contributed by atoms with Gasteiger partial charge in [-0.15, -0.1) is 0 Å². The van der Waals surface area contributed by atoms with Crippen LogP contribution in [0, 0.1) is 5.92 Å². The van der Waals surface area contributed by atoms with Crippen molar-refractivity contribution in [1.29, 1.82) is 0 Å². The Kier molecular flexibility index (Phi) is 7.74. The van der Waals surface area contributed by atoms with Gasteiger partial charge in [0.1, 0.15) is 18.1 Å². The van der Waals surface area contributed by atoms with Crippen molar-refractivity contribution < 1.29 is 14.3 Å². The van der Waals surface area contributed by atoms with Crippen molar-refractivity contribution in [3.8, 4) is 11.5 Å². The van der Waals surface area contributed by atoms with E-state index in [9.17, 15) is 4.79 Å². The third-order valence-electron chi connectivity index (χ3n) is 3.50. The van der Waals surface area contributed by atoms with E-state index in [1.54, 1.807) is 6.07 Å². The zero-order valence-corrected chi connectivity index (χ0v) is 16.2. The highest BCUT2D eigenvalue weighted by Crippen LogP contribution is 2.24. The summed E-state index contributed by atoms with van der Waals surface area (Å²) in [6.45, 7) is 11.1. The molecule has 2 rings (SSSR count). The molecule has 1 amide bonds. The van der Waals surface area contributed by atoms with Crippen LogP contribution in [-0.4, -0.2) is 25.7 Å². The predicted octanol–water partition coefficient (Wildman–Crippen LogP) is 4.73. The zero-order chi connectivity index (χ0) is 19.6. The summed E-state index contributed by atoms with van der Waals surface area (Å²) in [5.41, 5.74) is 2.42. The van der Waals surface area contributed by atoms with Crippen molar-refractivity contribution in [2.75, 3.05) is 30.4 Å². The first-order valence-corrected chi connectivity index (χ1v) is 9.07. The van der Waals surface area contributed by atoms with E-state index in [4.69, 9.17) is 9.47 Å². The third-order valence-corrected chi connectivity index (χ3v) is 3.50. The molecule has 0 spiro atoms. The largest absolute Gasteiger partial charge is 0.491 e. The molecule has 0 saturated carbocycles. The predicted molar refractivity (Wildman–Crippen MR) is 111 cm³/mol. The summed E-state index contributed by atoms with van der Waals surface area (Å²) in [4.78, 5) is 12.3. The van der Waals surface area contributed by atoms with E-state index in [-0.39, 0.29) is 12.5 Å². The first-order valence-electron chi connectivity index (χ1n) is 9.07. The van der Waals surface area contributed by atoms with Crippen molar-refractivity contribution in [3.63, 3.8) is 0 Å². The highest BCUT2D eigenvalue weighted by Gasteiger charge is 2.07. The van der Waals surface area contributed by atoms with Gasteiger partial charge in [-0.2, -0.15) is 0 Å². The lowest BCUT2D eigenvalue weighted by Crippen LogP contribution is -2.22. The van der Waals surface area contributed by atoms with Gasteiger partial charge in [-0.05, 0) is 42.7 Å². The SMILES string of the molecule is C=C(C)COc1cccc(NC(=O)CNc2ccccc2OCC(C)C)c1. The molecule has 0 aliphatic carbocycles. The fourth-order valence-electron chi connectivity index (χ4n) is 2.25. The van der Waals surface area contributed by atoms with E-state index in [0.717, 1.165) is 17.0 Å². The van der Waals surface area contributed by atoms with Gasteiger partial charge in [0.2, 0.25) is 5.91 Å². The van der Waals surface area contributed by atoms with E-state index >= 15 is 0 Å². The van der Waals surface area contributed by atoms with Gasteiger partial charge in [0.05, 0.1) is 18.8 Å². The molecule has 0 aliphatic rings.